The van der Waals surface area contributed by atoms with E-state index in [9.17, 15) is 9.90 Å². The van der Waals surface area contributed by atoms with Crippen molar-refractivity contribution in [3.8, 4) is 5.75 Å². The second-order valence-corrected chi connectivity index (χ2v) is 9.08. The van der Waals surface area contributed by atoms with Crippen LogP contribution < -0.4 is 14.5 Å². The van der Waals surface area contributed by atoms with E-state index in [2.05, 4.69) is 9.80 Å². The van der Waals surface area contributed by atoms with Crippen molar-refractivity contribution in [1.29, 1.82) is 0 Å². The number of anilines is 2. The number of nitrogens with zero attached hydrogens (tertiary/aromatic N) is 3. The molecule has 6 nitrogen and oxygen atoms in total. The second kappa shape index (κ2) is 13.0. The summed E-state index contributed by atoms with van der Waals surface area (Å²) in [4.78, 5) is 17.2. The van der Waals surface area contributed by atoms with Gasteiger partial charge in [0.2, 0.25) is 0 Å². The summed E-state index contributed by atoms with van der Waals surface area (Å²) < 4.78 is 5.96. The van der Waals surface area contributed by atoms with E-state index in [1.165, 1.54) is 0 Å². The monoisotopic (exact) mass is 493 g/mol. The van der Waals surface area contributed by atoms with Gasteiger partial charge in [0.15, 0.2) is 0 Å². The van der Waals surface area contributed by atoms with Gasteiger partial charge < -0.3 is 24.4 Å². The van der Waals surface area contributed by atoms with Crippen molar-refractivity contribution in [1.82, 2.24) is 4.90 Å². The van der Waals surface area contributed by atoms with Gasteiger partial charge in [0.25, 0.3) is 0 Å². The maximum Gasteiger partial charge on any atom is 0.121 e. The van der Waals surface area contributed by atoms with E-state index in [1.807, 2.05) is 43.4 Å². The summed E-state index contributed by atoms with van der Waals surface area (Å²) in [7, 11) is 1.82. The summed E-state index contributed by atoms with van der Waals surface area (Å²) in [5, 5.41) is 10.7. The van der Waals surface area contributed by atoms with E-state index in [1.54, 1.807) is 4.90 Å². The molecule has 3 rings (SSSR count). The van der Waals surface area contributed by atoms with E-state index in [4.69, 9.17) is 27.9 Å². The number of hydrogen-bond donors (Lipinski definition) is 1. The molecule has 0 bridgehead atoms. The Morgan fingerprint density at radius 3 is 2.64 bits per heavy atom. The zero-order valence-corrected chi connectivity index (χ0v) is 20.7. The van der Waals surface area contributed by atoms with Gasteiger partial charge in [-0.1, -0.05) is 35.3 Å². The number of rotatable bonds is 12. The molecule has 0 amide bonds. The summed E-state index contributed by atoms with van der Waals surface area (Å²) in [6.45, 7) is 5.49. The van der Waals surface area contributed by atoms with Crippen LogP contribution >= 0.6 is 23.2 Å². The molecule has 0 radical (unpaired) electrons. The Kier molecular flexibility index (Phi) is 10.1. The van der Waals surface area contributed by atoms with E-state index >= 15 is 0 Å². The van der Waals surface area contributed by atoms with E-state index in [-0.39, 0.29) is 6.73 Å². The third-order valence-electron chi connectivity index (χ3n) is 5.99. The normalized spacial score (nSPS) is 14.4. The van der Waals surface area contributed by atoms with Crippen LogP contribution in [0.2, 0.25) is 10.0 Å². The van der Waals surface area contributed by atoms with Crippen LogP contribution in [0.25, 0.3) is 0 Å². The fraction of sp³-hybridized carbons (Fsp3) is 0.480. The molecule has 180 valence electrons. The highest BCUT2D eigenvalue weighted by molar-refractivity contribution is 6.43. The average Bonchev–Trinajstić information content (AvgIpc) is 2.84. The number of piperazine rings is 1. The molecule has 1 heterocycles. The molecular weight excluding hydrogens is 461 g/mol. The molecule has 1 aliphatic rings. The van der Waals surface area contributed by atoms with Crippen LogP contribution in [-0.2, 0) is 11.2 Å². The van der Waals surface area contributed by atoms with Crippen LogP contribution in [-0.4, -0.2) is 69.4 Å². The zero-order valence-electron chi connectivity index (χ0n) is 19.2. The number of benzene rings is 2. The summed E-state index contributed by atoms with van der Waals surface area (Å²) in [5.41, 5.74) is 2.94. The van der Waals surface area contributed by atoms with Gasteiger partial charge in [-0.15, -0.1) is 0 Å². The highest BCUT2D eigenvalue weighted by Crippen LogP contribution is 2.33. The predicted octanol–water partition coefficient (Wildman–Crippen LogP) is 4.49. The molecule has 0 atom stereocenters. The minimum Gasteiger partial charge on any atom is -0.494 e. The number of halogens is 2. The Bertz CT molecular complexity index is 904. The molecule has 1 saturated heterocycles. The number of unbranched alkanes of at least 4 members (excludes halogenated alkanes) is 1. The lowest BCUT2D eigenvalue weighted by molar-refractivity contribution is -0.107. The molecule has 33 heavy (non-hydrogen) atoms. The van der Waals surface area contributed by atoms with E-state index in [0.717, 1.165) is 74.5 Å². The number of ether oxygens (including phenoxy) is 1. The van der Waals surface area contributed by atoms with Gasteiger partial charge in [0, 0.05) is 51.4 Å². The third-order valence-corrected chi connectivity index (χ3v) is 6.80. The van der Waals surface area contributed by atoms with Crippen molar-refractivity contribution < 1.29 is 14.6 Å². The lowest BCUT2D eigenvalue weighted by atomic mass is 10.1. The van der Waals surface area contributed by atoms with Crippen LogP contribution in [0.4, 0.5) is 11.4 Å². The standard InChI is InChI=1S/C25H33Cl2N3O3/c1-28(19-32)24-18-21(10-9-20(24)6-5-16-31)33-17-3-2-11-29-12-14-30(15-13-29)23-8-4-7-22(26)25(23)27/h4,7-10,16,18,32H,2-3,5-6,11-15,17,19H2,1H3. The minimum absolute atomic E-state index is 0.0890. The van der Waals surface area contributed by atoms with Crippen molar-refractivity contribution in [3.63, 3.8) is 0 Å². The SMILES string of the molecule is CN(CO)c1cc(OCCCCN2CCN(c3cccc(Cl)c3Cl)CC2)ccc1CCC=O. The molecule has 1 aliphatic heterocycles. The number of aliphatic hydroxyl groups excluding tert-OH is 1. The van der Waals surface area contributed by atoms with Crippen molar-refractivity contribution in [2.75, 3.05) is 62.9 Å². The van der Waals surface area contributed by atoms with Crippen molar-refractivity contribution in [3.05, 3.63) is 52.0 Å². The number of carbonyl (C=O) groups is 1. The van der Waals surface area contributed by atoms with Crippen molar-refractivity contribution >= 4 is 40.9 Å². The van der Waals surface area contributed by atoms with Gasteiger partial charge in [-0.05, 0) is 49.6 Å². The maximum atomic E-state index is 10.7. The first-order valence-electron chi connectivity index (χ1n) is 11.5. The number of aliphatic hydroxyl groups is 1. The molecule has 1 fully saturated rings. The Balaban J connectivity index is 1.39. The fourth-order valence-corrected chi connectivity index (χ4v) is 4.48. The first-order valence-corrected chi connectivity index (χ1v) is 12.2. The quantitative estimate of drug-likeness (QED) is 0.267. The summed E-state index contributed by atoms with van der Waals surface area (Å²) in [5.74, 6) is 0.784. The second-order valence-electron chi connectivity index (χ2n) is 8.29. The van der Waals surface area contributed by atoms with Gasteiger partial charge in [-0.2, -0.15) is 0 Å². The van der Waals surface area contributed by atoms with E-state index in [0.29, 0.717) is 29.5 Å². The number of aryl methyl sites for hydroxylation is 1. The third kappa shape index (κ3) is 7.24. The molecule has 0 unspecified atom stereocenters. The molecule has 1 N–H and O–H groups in total. The summed E-state index contributed by atoms with van der Waals surface area (Å²) in [6, 6.07) is 11.6. The molecule has 2 aromatic rings. The van der Waals surface area contributed by atoms with E-state index < -0.39 is 0 Å². The maximum absolute atomic E-state index is 10.7. The molecule has 0 aromatic heterocycles. The van der Waals surface area contributed by atoms with Crippen LogP contribution in [0.3, 0.4) is 0 Å². The van der Waals surface area contributed by atoms with Crippen LogP contribution in [0.5, 0.6) is 5.75 Å². The summed E-state index contributed by atoms with van der Waals surface area (Å²) >= 11 is 12.5. The molecule has 0 saturated carbocycles. The van der Waals surface area contributed by atoms with Gasteiger partial charge >= 0.3 is 0 Å². The first kappa shape index (κ1) is 25.6. The minimum atomic E-state index is -0.0890. The smallest absolute Gasteiger partial charge is 0.121 e. The zero-order chi connectivity index (χ0) is 23.6. The number of carbonyl (C=O) groups excluding carboxylic acids is 1. The Morgan fingerprint density at radius 2 is 1.91 bits per heavy atom. The highest BCUT2D eigenvalue weighted by atomic mass is 35.5. The fourth-order valence-electron chi connectivity index (χ4n) is 4.07. The van der Waals surface area contributed by atoms with Crippen LogP contribution in [0.15, 0.2) is 36.4 Å². The molecule has 0 spiro atoms. The van der Waals surface area contributed by atoms with Gasteiger partial charge in [-0.3, -0.25) is 4.90 Å². The lowest BCUT2D eigenvalue weighted by Crippen LogP contribution is -2.46. The molecule has 8 heteroatoms. The number of hydrogen-bond acceptors (Lipinski definition) is 6. The number of aldehydes is 1. The molecular formula is C25H33Cl2N3O3. The largest absolute Gasteiger partial charge is 0.494 e. The first-order chi connectivity index (χ1) is 16.0. The van der Waals surface area contributed by atoms with Gasteiger partial charge in [0.1, 0.15) is 18.8 Å². The van der Waals surface area contributed by atoms with Gasteiger partial charge in [0.05, 0.1) is 22.3 Å². The highest BCUT2D eigenvalue weighted by Gasteiger charge is 2.19. The Hall–Kier alpha value is -1.99. The average molecular weight is 494 g/mol. The summed E-state index contributed by atoms with van der Waals surface area (Å²) in [6.07, 6.45) is 4.07. The van der Waals surface area contributed by atoms with Crippen LogP contribution in [0, 0.1) is 0 Å². The van der Waals surface area contributed by atoms with Gasteiger partial charge in [-0.25, -0.2) is 0 Å². The molecule has 2 aromatic carbocycles. The van der Waals surface area contributed by atoms with Crippen molar-refractivity contribution in [2.24, 2.45) is 0 Å². The Morgan fingerprint density at radius 1 is 1.12 bits per heavy atom. The van der Waals surface area contributed by atoms with Crippen LogP contribution in [0.1, 0.15) is 24.8 Å². The lowest BCUT2D eigenvalue weighted by Gasteiger charge is -2.36. The Labute approximate surface area is 206 Å². The predicted molar refractivity (Wildman–Crippen MR) is 136 cm³/mol. The molecule has 0 aliphatic carbocycles. The topological polar surface area (TPSA) is 56.3 Å². The van der Waals surface area contributed by atoms with Crippen molar-refractivity contribution in [2.45, 2.75) is 25.7 Å².